The summed E-state index contributed by atoms with van der Waals surface area (Å²) in [4.78, 5) is 0. The molecule has 0 aromatic rings. The van der Waals surface area contributed by atoms with E-state index in [9.17, 15) is 0 Å². The lowest BCUT2D eigenvalue weighted by Crippen LogP contribution is -2.13. The largest absolute Gasteiger partial charge is 0.379 e. The zero-order valence-electron chi connectivity index (χ0n) is 7.25. The second kappa shape index (κ2) is 2.76. The summed E-state index contributed by atoms with van der Waals surface area (Å²) in [6, 6.07) is 0. The van der Waals surface area contributed by atoms with Gasteiger partial charge in [-0.1, -0.05) is 0 Å². The van der Waals surface area contributed by atoms with Crippen molar-refractivity contribution in [3.05, 3.63) is 0 Å². The highest BCUT2D eigenvalue weighted by Crippen LogP contribution is 2.42. The molecule has 0 aromatic carbocycles. The van der Waals surface area contributed by atoms with Gasteiger partial charge in [-0.05, 0) is 32.6 Å². The number of epoxide rings is 1. The molecule has 1 saturated carbocycles. The lowest BCUT2D eigenvalue weighted by molar-refractivity contribution is 0.0431. The summed E-state index contributed by atoms with van der Waals surface area (Å²) in [7, 11) is 0. The maximum atomic E-state index is 5.54. The lowest BCUT2D eigenvalue weighted by Gasteiger charge is -2.13. The summed E-state index contributed by atoms with van der Waals surface area (Å²) in [6.07, 6.45) is 4.06. The summed E-state index contributed by atoms with van der Waals surface area (Å²) in [5, 5.41) is 0. The van der Waals surface area contributed by atoms with Crippen molar-refractivity contribution in [1.82, 2.24) is 0 Å². The molecule has 0 bridgehead atoms. The Bertz CT molecular complexity index is 134. The summed E-state index contributed by atoms with van der Waals surface area (Å²) in [5.41, 5.74) is 0. The van der Waals surface area contributed by atoms with E-state index in [0.717, 1.165) is 12.5 Å². The van der Waals surface area contributed by atoms with E-state index in [0.29, 0.717) is 18.3 Å². The fraction of sp³-hybridized carbons (Fsp3) is 1.00. The molecule has 0 spiro atoms. The van der Waals surface area contributed by atoms with E-state index in [-0.39, 0.29) is 0 Å². The number of fused-ring (bicyclic) bond motifs is 1. The third kappa shape index (κ3) is 1.74. The Morgan fingerprint density at radius 1 is 1.36 bits per heavy atom. The van der Waals surface area contributed by atoms with Crippen LogP contribution in [0.1, 0.15) is 26.7 Å². The molecule has 2 heteroatoms. The molecule has 1 unspecified atom stereocenters. The predicted octanol–water partition coefficient (Wildman–Crippen LogP) is 1.59. The van der Waals surface area contributed by atoms with Gasteiger partial charge in [-0.2, -0.15) is 0 Å². The van der Waals surface area contributed by atoms with Gasteiger partial charge in [-0.15, -0.1) is 0 Å². The molecular formula is C9H16O2. The van der Waals surface area contributed by atoms with Crippen LogP contribution in [0.3, 0.4) is 0 Å². The van der Waals surface area contributed by atoms with Gasteiger partial charge in [0, 0.05) is 6.61 Å². The van der Waals surface area contributed by atoms with Crippen LogP contribution in [0.4, 0.5) is 0 Å². The summed E-state index contributed by atoms with van der Waals surface area (Å²) in [5.74, 6) is 0.779. The predicted molar refractivity (Wildman–Crippen MR) is 42.5 cm³/mol. The first-order chi connectivity index (χ1) is 5.25. The highest BCUT2D eigenvalue weighted by Gasteiger charge is 2.47. The average molecular weight is 156 g/mol. The first-order valence-electron chi connectivity index (χ1n) is 4.53. The van der Waals surface area contributed by atoms with Gasteiger partial charge < -0.3 is 9.47 Å². The Kier molecular flexibility index (Phi) is 1.90. The second-order valence-electron chi connectivity index (χ2n) is 3.93. The SMILES string of the molecule is CC(C)OCC1C[C@@H]2O[C@@H]2C1. The van der Waals surface area contributed by atoms with Crippen molar-refractivity contribution < 1.29 is 9.47 Å². The van der Waals surface area contributed by atoms with Crippen molar-refractivity contribution >= 4 is 0 Å². The van der Waals surface area contributed by atoms with Crippen LogP contribution in [0.2, 0.25) is 0 Å². The Morgan fingerprint density at radius 3 is 2.55 bits per heavy atom. The molecule has 2 aliphatic rings. The van der Waals surface area contributed by atoms with Gasteiger partial charge >= 0.3 is 0 Å². The van der Waals surface area contributed by atoms with Crippen LogP contribution in [-0.2, 0) is 9.47 Å². The van der Waals surface area contributed by atoms with E-state index < -0.39 is 0 Å². The Hall–Kier alpha value is -0.0800. The smallest absolute Gasteiger partial charge is 0.0845 e. The van der Waals surface area contributed by atoms with Gasteiger partial charge in [0.1, 0.15) is 0 Å². The third-order valence-electron chi connectivity index (χ3n) is 2.48. The maximum absolute atomic E-state index is 5.54. The molecule has 0 N–H and O–H groups in total. The monoisotopic (exact) mass is 156 g/mol. The second-order valence-corrected chi connectivity index (χ2v) is 3.93. The Balaban J connectivity index is 1.64. The van der Waals surface area contributed by atoms with Crippen LogP contribution in [0.25, 0.3) is 0 Å². The molecule has 1 saturated heterocycles. The summed E-state index contributed by atoms with van der Waals surface area (Å²) >= 11 is 0. The Morgan fingerprint density at radius 2 is 2.00 bits per heavy atom. The average Bonchev–Trinajstić information content (AvgIpc) is 2.56. The number of hydrogen-bond donors (Lipinski definition) is 0. The van der Waals surface area contributed by atoms with Crippen LogP contribution in [-0.4, -0.2) is 24.9 Å². The van der Waals surface area contributed by atoms with E-state index in [1.54, 1.807) is 0 Å². The highest BCUT2D eigenvalue weighted by molar-refractivity contribution is 4.95. The van der Waals surface area contributed by atoms with Crippen molar-refractivity contribution in [2.45, 2.75) is 45.0 Å². The molecular weight excluding hydrogens is 140 g/mol. The van der Waals surface area contributed by atoms with Gasteiger partial charge in [-0.25, -0.2) is 0 Å². The molecule has 0 aromatic heterocycles. The van der Waals surface area contributed by atoms with Crippen LogP contribution in [0, 0.1) is 5.92 Å². The molecule has 0 amide bonds. The fourth-order valence-corrected chi connectivity index (χ4v) is 1.81. The Labute approximate surface area is 67.9 Å². The minimum atomic E-state index is 0.382. The quantitative estimate of drug-likeness (QED) is 0.579. The number of rotatable bonds is 3. The molecule has 2 fully saturated rings. The van der Waals surface area contributed by atoms with Crippen LogP contribution in [0.5, 0.6) is 0 Å². The van der Waals surface area contributed by atoms with E-state index in [2.05, 4.69) is 13.8 Å². The van der Waals surface area contributed by atoms with Crippen molar-refractivity contribution in [3.8, 4) is 0 Å². The molecule has 64 valence electrons. The fourth-order valence-electron chi connectivity index (χ4n) is 1.81. The summed E-state index contributed by atoms with van der Waals surface area (Å²) in [6.45, 7) is 5.12. The normalized spacial score (nSPS) is 41.2. The molecule has 1 heterocycles. The van der Waals surface area contributed by atoms with Gasteiger partial charge in [0.05, 0.1) is 18.3 Å². The van der Waals surface area contributed by atoms with E-state index in [1.165, 1.54) is 12.8 Å². The van der Waals surface area contributed by atoms with E-state index in [1.807, 2.05) is 0 Å². The minimum Gasteiger partial charge on any atom is -0.379 e. The summed E-state index contributed by atoms with van der Waals surface area (Å²) < 4.78 is 10.9. The van der Waals surface area contributed by atoms with Gasteiger partial charge in [0.25, 0.3) is 0 Å². The zero-order chi connectivity index (χ0) is 7.84. The third-order valence-corrected chi connectivity index (χ3v) is 2.48. The van der Waals surface area contributed by atoms with E-state index >= 15 is 0 Å². The molecule has 0 radical (unpaired) electrons. The van der Waals surface area contributed by atoms with Crippen molar-refractivity contribution in [2.24, 2.45) is 5.92 Å². The van der Waals surface area contributed by atoms with Crippen molar-refractivity contribution in [3.63, 3.8) is 0 Å². The molecule has 11 heavy (non-hydrogen) atoms. The topological polar surface area (TPSA) is 21.8 Å². The zero-order valence-corrected chi connectivity index (χ0v) is 7.25. The standard InChI is InChI=1S/C9H16O2/c1-6(2)10-5-7-3-8-9(4-7)11-8/h6-9H,3-5H2,1-2H3/t7?,8-,9+. The first-order valence-corrected chi connectivity index (χ1v) is 4.53. The van der Waals surface area contributed by atoms with Gasteiger partial charge in [0.2, 0.25) is 0 Å². The molecule has 2 rings (SSSR count). The molecule has 1 aliphatic heterocycles. The van der Waals surface area contributed by atoms with Crippen LogP contribution < -0.4 is 0 Å². The minimum absolute atomic E-state index is 0.382. The van der Waals surface area contributed by atoms with Crippen LogP contribution >= 0.6 is 0 Å². The van der Waals surface area contributed by atoms with E-state index in [4.69, 9.17) is 9.47 Å². The number of hydrogen-bond acceptors (Lipinski definition) is 2. The van der Waals surface area contributed by atoms with Crippen molar-refractivity contribution in [1.29, 1.82) is 0 Å². The number of ether oxygens (including phenoxy) is 2. The van der Waals surface area contributed by atoms with Gasteiger partial charge in [-0.3, -0.25) is 0 Å². The van der Waals surface area contributed by atoms with Gasteiger partial charge in [0.15, 0.2) is 0 Å². The highest BCUT2D eigenvalue weighted by atomic mass is 16.6. The van der Waals surface area contributed by atoms with Crippen LogP contribution in [0.15, 0.2) is 0 Å². The molecule has 3 atom stereocenters. The maximum Gasteiger partial charge on any atom is 0.0845 e. The molecule has 1 aliphatic carbocycles. The molecule has 2 nitrogen and oxygen atoms in total. The van der Waals surface area contributed by atoms with Crippen molar-refractivity contribution in [2.75, 3.05) is 6.61 Å². The first kappa shape index (κ1) is 7.56. The lowest BCUT2D eigenvalue weighted by atomic mass is 10.1.